The lowest BCUT2D eigenvalue weighted by Gasteiger charge is -2.31. The van der Waals surface area contributed by atoms with E-state index in [1.165, 1.54) is 30.3 Å². The van der Waals surface area contributed by atoms with E-state index in [2.05, 4.69) is 20.9 Å². The molecular formula is C40H46N6O12. The summed E-state index contributed by atoms with van der Waals surface area (Å²) >= 11 is 0. The van der Waals surface area contributed by atoms with Crippen molar-refractivity contribution in [2.45, 2.75) is 71.4 Å². The molecule has 0 bridgehead atoms. The maximum Gasteiger partial charge on any atom is 0.363 e. The molecule has 308 valence electrons. The number of hydroxylamine groups is 2. The topological polar surface area (TPSA) is 249 Å². The van der Waals surface area contributed by atoms with Gasteiger partial charge in [0.1, 0.15) is 17.6 Å². The molecule has 0 spiro atoms. The molecule has 0 aliphatic rings. The van der Waals surface area contributed by atoms with Gasteiger partial charge in [-0.3, -0.25) is 24.0 Å². The molecule has 2 aromatic heterocycles. The van der Waals surface area contributed by atoms with Gasteiger partial charge in [0.25, 0.3) is 11.8 Å². The van der Waals surface area contributed by atoms with E-state index in [0.717, 1.165) is 23.6 Å². The van der Waals surface area contributed by atoms with E-state index in [4.69, 9.17) is 19.1 Å². The van der Waals surface area contributed by atoms with E-state index in [9.17, 15) is 38.7 Å². The molecule has 5 N–H and O–H groups in total. The molecule has 18 nitrogen and oxygen atoms in total. The minimum absolute atomic E-state index is 0.0491. The number of carboxylic acids is 2. The molecular weight excluding hydrogens is 756 g/mol. The van der Waals surface area contributed by atoms with Crippen molar-refractivity contribution >= 4 is 42.0 Å². The quantitative estimate of drug-likeness (QED) is 0.0306. The molecule has 18 heteroatoms. The first-order valence-electron chi connectivity index (χ1n) is 18.6. The number of carbonyl (C=O) groups is 7. The highest BCUT2D eigenvalue weighted by Crippen LogP contribution is 2.29. The zero-order valence-corrected chi connectivity index (χ0v) is 32.2. The van der Waals surface area contributed by atoms with Gasteiger partial charge in [0, 0.05) is 23.6 Å². The minimum atomic E-state index is -1.67. The Kier molecular flexibility index (Phi) is 16.1. The molecule has 2 aromatic carbocycles. The zero-order chi connectivity index (χ0) is 42.2. The number of hydrogen-bond acceptors (Lipinski definition) is 11. The van der Waals surface area contributed by atoms with E-state index < -0.39 is 60.1 Å². The minimum Gasteiger partial charge on any atom is -0.493 e. The number of nitrogens with one attached hydrogen (secondary N) is 3. The fourth-order valence-electron chi connectivity index (χ4n) is 6.05. The second-order valence-electron chi connectivity index (χ2n) is 12.9. The second kappa shape index (κ2) is 21.4. The average molecular weight is 803 g/mol. The normalized spacial score (nSPS) is 12.3. The van der Waals surface area contributed by atoms with Gasteiger partial charge in [-0.1, -0.05) is 39.2 Å². The lowest BCUT2D eigenvalue weighted by Crippen LogP contribution is -2.49. The molecule has 0 saturated heterocycles. The van der Waals surface area contributed by atoms with Crippen LogP contribution in [0.25, 0.3) is 17.0 Å². The average Bonchev–Trinajstić information content (AvgIpc) is 3.94. The summed E-state index contributed by atoms with van der Waals surface area (Å²) in [6, 6.07) is 11.2. The van der Waals surface area contributed by atoms with Crippen LogP contribution < -0.4 is 20.7 Å². The van der Waals surface area contributed by atoms with Crippen LogP contribution in [0.4, 0.5) is 0 Å². The SMILES string of the molecule is CCCCCC(C(=O)NCNC(=O)c1ccc(-c2ccc(C(=O)NC(CC(=O)O)C(=O)O)c(OCC)c2)o1)[C@@H](CC)N(C=O)OC(=O)c1ccc(-n2ccnc2)cc1. The number of rotatable bonds is 23. The summed E-state index contributed by atoms with van der Waals surface area (Å²) in [5.74, 6) is -6.32. The number of ether oxygens (including phenoxy) is 1. The summed E-state index contributed by atoms with van der Waals surface area (Å²) in [6.45, 7) is 5.29. The van der Waals surface area contributed by atoms with Crippen LogP contribution in [0.15, 0.2) is 77.7 Å². The van der Waals surface area contributed by atoms with Crippen LogP contribution in [0.5, 0.6) is 5.75 Å². The molecule has 58 heavy (non-hydrogen) atoms. The predicted molar refractivity (Wildman–Crippen MR) is 206 cm³/mol. The van der Waals surface area contributed by atoms with Gasteiger partial charge in [0.2, 0.25) is 12.3 Å². The van der Waals surface area contributed by atoms with Gasteiger partial charge >= 0.3 is 17.9 Å². The van der Waals surface area contributed by atoms with Crippen molar-refractivity contribution in [3.05, 3.63) is 90.2 Å². The third-order valence-corrected chi connectivity index (χ3v) is 9.00. The molecule has 0 aliphatic heterocycles. The Morgan fingerprint density at radius 2 is 1.71 bits per heavy atom. The van der Waals surface area contributed by atoms with E-state index in [1.807, 2.05) is 6.92 Å². The molecule has 0 fully saturated rings. The monoisotopic (exact) mass is 802 g/mol. The number of carboxylic acid groups (broad SMARTS) is 2. The summed E-state index contributed by atoms with van der Waals surface area (Å²) in [6.07, 6.45) is 7.54. The Hall–Kier alpha value is -6.98. The molecule has 2 unspecified atom stereocenters. The Morgan fingerprint density at radius 1 is 0.948 bits per heavy atom. The Bertz CT molecular complexity index is 2050. The van der Waals surface area contributed by atoms with Crippen molar-refractivity contribution < 1.29 is 57.8 Å². The number of aromatic nitrogens is 2. The van der Waals surface area contributed by atoms with Crippen molar-refractivity contribution in [2.24, 2.45) is 5.92 Å². The van der Waals surface area contributed by atoms with Gasteiger partial charge in [-0.2, -0.15) is 5.06 Å². The van der Waals surface area contributed by atoms with Gasteiger partial charge in [-0.25, -0.2) is 14.6 Å². The summed E-state index contributed by atoms with van der Waals surface area (Å²) in [5.41, 5.74) is 1.31. The zero-order valence-electron chi connectivity index (χ0n) is 32.2. The first-order valence-corrected chi connectivity index (χ1v) is 18.6. The van der Waals surface area contributed by atoms with Crippen LogP contribution in [-0.2, 0) is 24.0 Å². The van der Waals surface area contributed by atoms with Crippen molar-refractivity contribution in [3.63, 3.8) is 0 Å². The highest BCUT2D eigenvalue weighted by molar-refractivity contribution is 6.00. The Morgan fingerprint density at radius 3 is 2.33 bits per heavy atom. The smallest absolute Gasteiger partial charge is 0.363 e. The predicted octanol–water partition coefficient (Wildman–Crippen LogP) is 4.20. The largest absolute Gasteiger partial charge is 0.493 e. The van der Waals surface area contributed by atoms with Crippen LogP contribution >= 0.6 is 0 Å². The number of unbranched alkanes of at least 4 members (excludes halogenated alkanes) is 2. The lowest BCUT2D eigenvalue weighted by atomic mass is 9.90. The first-order chi connectivity index (χ1) is 27.9. The van der Waals surface area contributed by atoms with E-state index in [-0.39, 0.29) is 48.1 Å². The number of benzene rings is 2. The van der Waals surface area contributed by atoms with E-state index in [1.54, 1.807) is 61.4 Å². The highest BCUT2D eigenvalue weighted by Gasteiger charge is 2.34. The van der Waals surface area contributed by atoms with Crippen LogP contribution in [0.2, 0.25) is 0 Å². The number of imidazole rings is 1. The first kappa shape index (κ1) is 43.7. The molecule has 4 rings (SSSR count). The van der Waals surface area contributed by atoms with E-state index in [0.29, 0.717) is 24.8 Å². The van der Waals surface area contributed by atoms with Crippen molar-refractivity contribution in [1.82, 2.24) is 30.6 Å². The number of amides is 4. The van der Waals surface area contributed by atoms with Gasteiger partial charge in [-0.05, 0) is 68.3 Å². The highest BCUT2D eigenvalue weighted by atomic mass is 16.7. The van der Waals surface area contributed by atoms with E-state index >= 15 is 0 Å². The fourth-order valence-corrected chi connectivity index (χ4v) is 6.05. The van der Waals surface area contributed by atoms with Crippen LogP contribution in [0.3, 0.4) is 0 Å². The fraction of sp³-hybridized carbons (Fsp3) is 0.350. The number of aliphatic carboxylic acids is 2. The lowest BCUT2D eigenvalue weighted by molar-refractivity contribution is -0.171. The van der Waals surface area contributed by atoms with Gasteiger partial charge in [0.05, 0.1) is 49.1 Å². The van der Waals surface area contributed by atoms with Crippen LogP contribution in [-0.4, -0.2) is 92.2 Å². The summed E-state index contributed by atoms with van der Waals surface area (Å²) in [4.78, 5) is 96.9. The molecule has 2 heterocycles. The standard InChI is InChI=1S/C40H46N6O12/c1-4-7-8-9-28(31(5-2)46(24-47)58-40(55)25-10-13-27(14-11-25)45-19-18-41-23-45)36(50)42-22-43-38(52)33-17-16-32(57-33)26-12-15-29(34(20-26)56-6-3)37(51)44-30(39(53)54)21-35(48)49/h10-20,23-24,28,30-31H,4-9,21-22H2,1-3H3,(H,42,50)(H,43,52)(H,44,51)(H,48,49)(H,53,54)/t28?,30?,31-/m1/s1. The molecule has 4 amide bonds. The van der Waals surface area contributed by atoms with Crippen molar-refractivity contribution in [2.75, 3.05) is 13.3 Å². The molecule has 0 aliphatic carbocycles. The molecule has 3 atom stereocenters. The Labute approximate surface area is 333 Å². The molecule has 4 aromatic rings. The second-order valence-corrected chi connectivity index (χ2v) is 12.9. The number of nitrogens with zero attached hydrogens (tertiary/aromatic N) is 3. The number of carbonyl (C=O) groups excluding carboxylic acids is 5. The Balaban J connectivity index is 1.40. The summed E-state index contributed by atoms with van der Waals surface area (Å²) in [5, 5.41) is 26.6. The summed E-state index contributed by atoms with van der Waals surface area (Å²) in [7, 11) is 0. The maximum atomic E-state index is 13.6. The van der Waals surface area contributed by atoms with Crippen molar-refractivity contribution in [3.8, 4) is 22.8 Å². The third-order valence-electron chi connectivity index (χ3n) is 9.00. The number of furan rings is 1. The van der Waals surface area contributed by atoms with Crippen LogP contribution in [0, 0.1) is 5.92 Å². The van der Waals surface area contributed by atoms with Gasteiger partial charge in [-0.15, -0.1) is 0 Å². The van der Waals surface area contributed by atoms with Gasteiger partial charge in [0.15, 0.2) is 5.76 Å². The third kappa shape index (κ3) is 11.8. The molecule has 0 radical (unpaired) electrons. The summed E-state index contributed by atoms with van der Waals surface area (Å²) < 4.78 is 13.1. The molecule has 0 saturated carbocycles. The van der Waals surface area contributed by atoms with Crippen molar-refractivity contribution in [1.29, 1.82) is 0 Å². The van der Waals surface area contributed by atoms with Gasteiger partial charge < -0.3 is 44.7 Å². The van der Waals surface area contributed by atoms with Crippen LogP contribution in [0.1, 0.15) is 90.6 Å². The maximum absolute atomic E-state index is 13.6. The number of hydrogen-bond donors (Lipinski definition) is 5.